The minimum atomic E-state index is -1.44. The highest BCUT2D eigenvalue weighted by molar-refractivity contribution is 6.10. The Morgan fingerprint density at radius 2 is 2.03 bits per heavy atom. The molecule has 1 saturated heterocycles. The first-order valence-electron chi connectivity index (χ1n) is 10.7. The molecule has 1 aromatic heterocycles. The number of aromatic nitrogens is 1. The van der Waals surface area contributed by atoms with Gasteiger partial charge < -0.3 is 19.7 Å². The van der Waals surface area contributed by atoms with Crippen LogP contribution in [0.2, 0.25) is 0 Å². The number of carbonyl (C=O) groups excluding carboxylic acids is 3. The first-order chi connectivity index (χ1) is 16.5. The molecule has 9 nitrogen and oxygen atoms in total. The number of carbonyl (C=O) groups is 3. The van der Waals surface area contributed by atoms with E-state index in [1.165, 1.54) is 7.11 Å². The fourth-order valence-electron chi connectivity index (χ4n) is 4.29. The highest BCUT2D eigenvalue weighted by Gasteiger charge is 2.51. The van der Waals surface area contributed by atoms with Crippen molar-refractivity contribution in [1.29, 1.82) is 0 Å². The summed E-state index contributed by atoms with van der Waals surface area (Å²) in [4.78, 5) is 44.1. The minimum Gasteiger partial charge on any atom is -0.497 e. The van der Waals surface area contributed by atoms with Gasteiger partial charge in [-0.1, -0.05) is 30.4 Å². The van der Waals surface area contributed by atoms with Crippen molar-refractivity contribution in [3.63, 3.8) is 0 Å². The van der Waals surface area contributed by atoms with Crippen molar-refractivity contribution < 1.29 is 23.9 Å². The van der Waals surface area contributed by atoms with Crippen LogP contribution in [0.4, 0.5) is 4.79 Å². The molecule has 1 unspecified atom stereocenters. The molecule has 34 heavy (non-hydrogen) atoms. The molecule has 1 fully saturated rings. The topological polar surface area (TPSA) is 110 Å². The molecule has 2 aromatic rings. The maximum absolute atomic E-state index is 13.1. The number of imide groups is 1. The molecular formula is C25H22N4O5. The Balaban J connectivity index is 1.45. The molecule has 1 aliphatic carbocycles. The summed E-state index contributed by atoms with van der Waals surface area (Å²) in [6, 6.07) is 10.1. The van der Waals surface area contributed by atoms with E-state index in [1.54, 1.807) is 53.6 Å². The number of amides is 4. The zero-order valence-electron chi connectivity index (χ0n) is 18.4. The van der Waals surface area contributed by atoms with E-state index in [9.17, 15) is 14.4 Å². The normalized spacial score (nSPS) is 21.3. The molecule has 0 saturated carbocycles. The van der Waals surface area contributed by atoms with Crippen LogP contribution in [0, 0.1) is 0 Å². The fourth-order valence-corrected chi connectivity index (χ4v) is 4.29. The molecule has 0 radical (unpaired) electrons. The predicted molar refractivity (Wildman–Crippen MR) is 122 cm³/mol. The molecular weight excluding hydrogens is 436 g/mol. The van der Waals surface area contributed by atoms with Gasteiger partial charge in [0.25, 0.3) is 11.8 Å². The van der Waals surface area contributed by atoms with Crippen LogP contribution in [0.25, 0.3) is 0 Å². The molecule has 3 heterocycles. The van der Waals surface area contributed by atoms with Gasteiger partial charge >= 0.3 is 6.03 Å². The maximum atomic E-state index is 13.1. The van der Waals surface area contributed by atoms with E-state index in [0.29, 0.717) is 41.5 Å². The average molecular weight is 458 g/mol. The van der Waals surface area contributed by atoms with Crippen molar-refractivity contribution in [2.45, 2.75) is 18.5 Å². The lowest BCUT2D eigenvalue weighted by molar-refractivity contribution is -0.123. The third-order valence-corrected chi connectivity index (χ3v) is 6.00. The van der Waals surface area contributed by atoms with Crippen LogP contribution in [0.1, 0.15) is 22.3 Å². The lowest BCUT2D eigenvalue weighted by Crippen LogP contribution is -2.56. The van der Waals surface area contributed by atoms with Gasteiger partial charge in [-0.2, -0.15) is 0 Å². The number of rotatable bonds is 6. The highest BCUT2D eigenvalue weighted by Crippen LogP contribution is 2.32. The van der Waals surface area contributed by atoms with Crippen LogP contribution in [0.3, 0.4) is 0 Å². The molecule has 5 rings (SSSR count). The molecule has 0 spiro atoms. The number of benzene rings is 1. The van der Waals surface area contributed by atoms with Crippen LogP contribution in [0.5, 0.6) is 11.6 Å². The monoisotopic (exact) mass is 458 g/mol. The zero-order valence-corrected chi connectivity index (χ0v) is 18.4. The van der Waals surface area contributed by atoms with E-state index in [-0.39, 0.29) is 12.5 Å². The third-order valence-electron chi connectivity index (χ3n) is 6.00. The second-order valence-corrected chi connectivity index (χ2v) is 8.13. The SMILES string of the molecule is COc1ccc2c(c1)C(=O)N(CC1(C3=CC=C(Oc4ccccn4)CC=C3)NC(=O)NC1=O)C2. The molecule has 172 valence electrons. The van der Waals surface area contributed by atoms with Crippen LogP contribution >= 0.6 is 0 Å². The van der Waals surface area contributed by atoms with Gasteiger partial charge in [-0.15, -0.1) is 0 Å². The van der Waals surface area contributed by atoms with Crippen molar-refractivity contribution in [3.8, 4) is 11.6 Å². The number of allylic oxidation sites excluding steroid dienone is 3. The zero-order chi connectivity index (χ0) is 23.7. The number of nitrogens with one attached hydrogen (secondary N) is 2. The lowest BCUT2D eigenvalue weighted by atomic mass is 9.88. The molecule has 2 N–H and O–H groups in total. The molecule has 2 aliphatic heterocycles. The van der Waals surface area contributed by atoms with Crippen LogP contribution < -0.4 is 20.1 Å². The van der Waals surface area contributed by atoms with Gasteiger partial charge in [0.2, 0.25) is 5.88 Å². The van der Waals surface area contributed by atoms with Crippen molar-refractivity contribution in [2.75, 3.05) is 13.7 Å². The van der Waals surface area contributed by atoms with Gasteiger partial charge in [0, 0.05) is 30.8 Å². The summed E-state index contributed by atoms with van der Waals surface area (Å²) in [7, 11) is 1.54. The van der Waals surface area contributed by atoms with Gasteiger partial charge in [-0.25, -0.2) is 9.78 Å². The summed E-state index contributed by atoms with van der Waals surface area (Å²) < 4.78 is 11.1. The average Bonchev–Trinajstić information content (AvgIpc) is 3.17. The molecule has 0 bridgehead atoms. The number of fused-ring (bicyclic) bond motifs is 1. The molecule has 1 aromatic carbocycles. The van der Waals surface area contributed by atoms with Crippen LogP contribution in [-0.2, 0) is 11.3 Å². The van der Waals surface area contributed by atoms with Crippen LogP contribution in [0.15, 0.2) is 78.2 Å². The van der Waals surface area contributed by atoms with Gasteiger partial charge in [-0.05, 0) is 35.4 Å². The number of nitrogens with zero attached hydrogens (tertiary/aromatic N) is 2. The number of hydrogen-bond acceptors (Lipinski definition) is 6. The Labute approximate surface area is 195 Å². The summed E-state index contributed by atoms with van der Waals surface area (Å²) in [5.74, 6) is 0.918. The summed E-state index contributed by atoms with van der Waals surface area (Å²) in [5.41, 5.74) is 0.459. The summed E-state index contributed by atoms with van der Waals surface area (Å²) in [5, 5.41) is 5.08. The Kier molecular flexibility index (Phi) is 5.37. The Morgan fingerprint density at radius 3 is 2.76 bits per heavy atom. The van der Waals surface area contributed by atoms with E-state index < -0.39 is 17.5 Å². The number of methoxy groups -OCH3 is 1. The summed E-state index contributed by atoms with van der Waals surface area (Å²) in [6.07, 6.45) is 9.19. The fraction of sp³-hybridized carbons (Fsp3) is 0.200. The van der Waals surface area contributed by atoms with Gasteiger partial charge in [0.15, 0.2) is 5.54 Å². The maximum Gasteiger partial charge on any atom is 0.322 e. The third kappa shape index (κ3) is 3.81. The van der Waals surface area contributed by atoms with E-state index >= 15 is 0 Å². The quantitative estimate of drug-likeness (QED) is 0.644. The number of hydrogen-bond donors (Lipinski definition) is 2. The Morgan fingerprint density at radius 1 is 1.15 bits per heavy atom. The van der Waals surface area contributed by atoms with Crippen molar-refractivity contribution in [1.82, 2.24) is 20.5 Å². The number of ether oxygens (including phenoxy) is 2. The van der Waals surface area contributed by atoms with Crippen molar-refractivity contribution in [3.05, 3.63) is 89.4 Å². The Hall–Kier alpha value is -4.40. The van der Waals surface area contributed by atoms with Gasteiger partial charge in [0.1, 0.15) is 11.5 Å². The van der Waals surface area contributed by atoms with E-state index in [1.807, 2.05) is 18.2 Å². The van der Waals surface area contributed by atoms with Gasteiger partial charge in [-0.3, -0.25) is 14.9 Å². The highest BCUT2D eigenvalue weighted by atomic mass is 16.5. The van der Waals surface area contributed by atoms with Crippen molar-refractivity contribution in [2.24, 2.45) is 0 Å². The standard InChI is InChI=1S/C25H22N4O5/c1-33-19-10-8-16-14-29(22(30)20(16)13-19)15-25(23(31)27-24(32)28-25)17-5-4-6-18(11-9-17)34-21-7-2-3-12-26-21/h2-5,7-13H,6,14-15H2,1H3,(H2,27,28,31,32). The number of pyridine rings is 1. The second kappa shape index (κ2) is 8.51. The first-order valence-corrected chi connectivity index (χ1v) is 10.7. The molecule has 1 atom stereocenters. The molecule has 9 heteroatoms. The lowest BCUT2D eigenvalue weighted by Gasteiger charge is -2.32. The predicted octanol–water partition coefficient (Wildman–Crippen LogP) is 2.47. The Bertz CT molecular complexity index is 1270. The van der Waals surface area contributed by atoms with E-state index in [4.69, 9.17) is 9.47 Å². The smallest absolute Gasteiger partial charge is 0.322 e. The largest absolute Gasteiger partial charge is 0.497 e. The van der Waals surface area contributed by atoms with Gasteiger partial charge in [0.05, 0.1) is 13.7 Å². The second-order valence-electron chi connectivity index (χ2n) is 8.13. The molecule has 3 aliphatic rings. The minimum absolute atomic E-state index is 0.0269. The molecule has 4 amide bonds. The summed E-state index contributed by atoms with van der Waals surface area (Å²) >= 11 is 0. The first kappa shape index (κ1) is 21.4. The van der Waals surface area contributed by atoms with E-state index in [2.05, 4.69) is 15.6 Å². The van der Waals surface area contributed by atoms with E-state index in [0.717, 1.165) is 5.56 Å². The number of urea groups is 1. The van der Waals surface area contributed by atoms with Crippen LogP contribution in [-0.4, -0.2) is 46.9 Å². The van der Waals surface area contributed by atoms with Crippen molar-refractivity contribution >= 4 is 17.8 Å². The summed E-state index contributed by atoms with van der Waals surface area (Å²) in [6.45, 7) is 0.296.